The molecule has 0 bridgehead atoms. The van der Waals surface area contributed by atoms with Gasteiger partial charge in [-0.1, -0.05) is 19.9 Å². The van der Waals surface area contributed by atoms with E-state index in [0.717, 1.165) is 22.4 Å². The summed E-state index contributed by atoms with van der Waals surface area (Å²) >= 11 is 0. The number of imidazole rings is 1. The van der Waals surface area contributed by atoms with Crippen molar-refractivity contribution in [1.29, 1.82) is 0 Å². The summed E-state index contributed by atoms with van der Waals surface area (Å²) in [6.07, 6.45) is 0. The van der Waals surface area contributed by atoms with Gasteiger partial charge in [-0.05, 0) is 38.5 Å². The third kappa shape index (κ3) is 2.42. The first kappa shape index (κ1) is 14.6. The molecule has 0 saturated carbocycles. The number of carboxylic acids is 1. The fraction of sp³-hybridized carbons (Fsp3) is 0.500. The Morgan fingerprint density at radius 2 is 1.90 bits per heavy atom. The van der Waals surface area contributed by atoms with Gasteiger partial charge in [0, 0.05) is 12.0 Å². The van der Waals surface area contributed by atoms with Crippen molar-refractivity contribution in [3.63, 3.8) is 0 Å². The summed E-state index contributed by atoms with van der Waals surface area (Å²) in [7, 11) is 0. The van der Waals surface area contributed by atoms with E-state index in [2.05, 4.69) is 36.6 Å². The SMILES string of the molecule is Cc1ccc2c(c1)nc(C(C)C(C)C(=O)O)n2C(C)C. The standard InChI is InChI=1S/C16H22N2O2/c1-9(2)18-14-7-6-10(3)8-13(14)17-15(18)11(4)12(5)16(19)20/h6-9,11-12H,1-5H3,(H,19,20). The molecule has 2 unspecified atom stereocenters. The van der Waals surface area contributed by atoms with Crippen molar-refractivity contribution < 1.29 is 9.90 Å². The van der Waals surface area contributed by atoms with Gasteiger partial charge in [0.2, 0.25) is 0 Å². The number of carbonyl (C=O) groups is 1. The highest BCUT2D eigenvalue weighted by molar-refractivity contribution is 5.78. The van der Waals surface area contributed by atoms with E-state index in [1.165, 1.54) is 0 Å². The highest BCUT2D eigenvalue weighted by Gasteiger charge is 2.26. The molecule has 1 N–H and O–H groups in total. The summed E-state index contributed by atoms with van der Waals surface area (Å²) in [6.45, 7) is 9.91. The number of aryl methyl sites for hydroxylation is 1. The Labute approximate surface area is 119 Å². The van der Waals surface area contributed by atoms with E-state index in [-0.39, 0.29) is 12.0 Å². The van der Waals surface area contributed by atoms with E-state index in [0.29, 0.717) is 0 Å². The molecule has 4 heteroatoms. The fourth-order valence-corrected chi connectivity index (χ4v) is 2.53. The number of hydrogen-bond acceptors (Lipinski definition) is 2. The number of nitrogens with zero attached hydrogens (tertiary/aromatic N) is 2. The Morgan fingerprint density at radius 1 is 1.25 bits per heavy atom. The van der Waals surface area contributed by atoms with Crippen molar-refractivity contribution in [1.82, 2.24) is 9.55 Å². The topological polar surface area (TPSA) is 55.1 Å². The number of hydrogen-bond donors (Lipinski definition) is 1. The summed E-state index contributed by atoms with van der Waals surface area (Å²) in [6, 6.07) is 6.44. The zero-order chi connectivity index (χ0) is 15.0. The second-order valence-electron chi connectivity index (χ2n) is 5.84. The van der Waals surface area contributed by atoms with Gasteiger partial charge in [0.1, 0.15) is 5.82 Å². The van der Waals surface area contributed by atoms with Gasteiger partial charge in [0.05, 0.1) is 17.0 Å². The number of fused-ring (bicyclic) bond motifs is 1. The maximum atomic E-state index is 11.2. The van der Waals surface area contributed by atoms with Crippen molar-refractivity contribution in [2.75, 3.05) is 0 Å². The number of carboxylic acid groups (broad SMARTS) is 1. The van der Waals surface area contributed by atoms with E-state index >= 15 is 0 Å². The third-order valence-corrected chi connectivity index (χ3v) is 3.94. The number of benzene rings is 1. The van der Waals surface area contributed by atoms with E-state index in [9.17, 15) is 9.90 Å². The molecule has 1 heterocycles. The molecule has 0 aliphatic rings. The Morgan fingerprint density at radius 3 is 2.45 bits per heavy atom. The minimum Gasteiger partial charge on any atom is -0.481 e. The largest absolute Gasteiger partial charge is 0.481 e. The second kappa shape index (κ2) is 5.27. The summed E-state index contributed by atoms with van der Waals surface area (Å²) in [4.78, 5) is 15.9. The first-order chi connectivity index (χ1) is 9.32. The van der Waals surface area contributed by atoms with Crippen LogP contribution in [0.4, 0.5) is 0 Å². The van der Waals surface area contributed by atoms with Gasteiger partial charge in [0.15, 0.2) is 0 Å². The molecular weight excluding hydrogens is 252 g/mol. The molecular formula is C16H22N2O2. The smallest absolute Gasteiger partial charge is 0.306 e. The van der Waals surface area contributed by atoms with Crippen molar-refractivity contribution >= 4 is 17.0 Å². The lowest BCUT2D eigenvalue weighted by molar-refractivity contribution is -0.141. The molecule has 1 aromatic heterocycles. The zero-order valence-electron chi connectivity index (χ0n) is 12.7. The van der Waals surface area contributed by atoms with Gasteiger partial charge in [-0.15, -0.1) is 0 Å². The van der Waals surface area contributed by atoms with Crippen LogP contribution in [0.25, 0.3) is 11.0 Å². The molecule has 1 aromatic carbocycles. The Kier molecular flexibility index (Phi) is 3.84. The molecule has 0 radical (unpaired) electrons. The lowest BCUT2D eigenvalue weighted by Crippen LogP contribution is -2.20. The molecule has 108 valence electrons. The molecule has 20 heavy (non-hydrogen) atoms. The van der Waals surface area contributed by atoms with Crippen molar-refractivity contribution in [3.8, 4) is 0 Å². The summed E-state index contributed by atoms with van der Waals surface area (Å²) in [5.74, 6) is -0.500. The predicted molar refractivity (Wildman–Crippen MR) is 80.1 cm³/mol. The average molecular weight is 274 g/mol. The molecule has 4 nitrogen and oxygen atoms in total. The summed E-state index contributed by atoms with van der Waals surface area (Å²) in [5.41, 5.74) is 3.18. The van der Waals surface area contributed by atoms with Gasteiger partial charge in [-0.25, -0.2) is 4.98 Å². The van der Waals surface area contributed by atoms with Crippen molar-refractivity contribution in [2.24, 2.45) is 5.92 Å². The van der Waals surface area contributed by atoms with Crippen molar-refractivity contribution in [2.45, 2.75) is 46.6 Å². The maximum absolute atomic E-state index is 11.2. The van der Waals surface area contributed by atoms with Gasteiger partial charge in [-0.3, -0.25) is 4.79 Å². The normalized spacial score (nSPS) is 14.7. The number of rotatable bonds is 4. The van der Waals surface area contributed by atoms with Gasteiger partial charge in [0.25, 0.3) is 0 Å². The number of aromatic nitrogens is 2. The van der Waals surface area contributed by atoms with E-state index in [1.54, 1.807) is 6.92 Å². The van der Waals surface area contributed by atoms with Crippen LogP contribution in [-0.2, 0) is 4.79 Å². The monoisotopic (exact) mass is 274 g/mol. The lowest BCUT2D eigenvalue weighted by Gasteiger charge is -2.20. The first-order valence-corrected chi connectivity index (χ1v) is 7.04. The Bertz CT molecular complexity index is 643. The van der Waals surface area contributed by atoms with Crippen LogP contribution in [0.15, 0.2) is 18.2 Å². The van der Waals surface area contributed by atoms with E-state index in [4.69, 9.17) is 4.98 Å². The Hall–Kier alpha value is -1.84. The van der Waals surface area contributed by atoms with Gasteiger partial charge < -0.3 is 9.67 Å². The van der Waals surface area contributed by atoms with Gasteiger partial charge >= 0.3 is 5.97 Å². The fourth-order valence-electron chi connectivity index (χ4n) is 2.53. The molecule has 0 fully saturated rings. The average Bonchev–Trinajstić information content (AvgIpc) is 2.74. The quantitative estimate of drug-likeness (QED) is 0.923. The minimum atomic E-state index is -0.781. The first-order valence-electron chi connectivity index (χ1n) is 7.04. The molecule has 0 spiro atoms. The molecule has 0 aliphatic carbocycles. The van der Waals surface area contributed by atoms with E-state index in [1.807, 2.05) is 13.8 Å². The lowest BCUT2D eigenvalue weighted by atomic mass is 9.95. The maximum Gasteiger partial charge on any atom is 0.306 e. The molecule has 2 atom stereocenters. The highest BCUT2D eigenvalue weighted by atomic mass is 16.4. The minimum absolute atomic E-state index is 0.123. The second-order valence-corrected chi connectivity index (χ2v) is 5.84. The van der Waals surface area contributed by atoms with Gasteiger partial charge in [-0.2, -0.15) is 0 Å². The summed E-state index contributed by atoms with van der Waals surface area (Å²) < 4.78 is 2.15. The molecule has 0 aliphatic heterocycles. The van der Waals surface area contributed by atoms with Crippen LogP contribution in [0.2, 0.25) is 0 Å². The van der Waals surface area contributed by atoms with Crippen LogP contribution in [0.3, 0.4) is 0 Å². The van der Waals surface area contributed by atoms with Crippen LogP contribution in [-0.4, -0.2) is 20.6 Å². The van der Waals surface area contributed by atoms with E-state index < -0.39 is 11.9 Å². The van der Waals surface area contributed by atoms with Crippen molar-refractivity contribution in [3.05, 3.63) is 29.6 Å². The molecule has 2 rings (SSSR count). The van der Waals surface area contributed by atoms with Crippen LogP contribution in [0.5, 0.6) is 0 Å². The zero-order valence-corrected chi connectivity index (χ0v) is 12.7. The van der Waals surface area contributed by atoms with Crippen LogP contribution < -0.4 is 0 Å². The van der Waals surface area contributed by atoms with Crippen LogP contribution in [0.1, 0.15) is 51.0 Å². The molecule has 2 aromatic rings. The van der Waals surface area contributed by atoms with Crippen LogP contribution >= 0.6 is 0 Å². The molecule has 0 saturated heterocycles. The number of aliphatic carboxylic acids is 1. The Balaban J connectivity index is 2.63. The predicted octanol–water partition coefficient (Wildman–Crippen LogP) is 3.75. The summed E-state index contributed by atoms with van der Waals surface area (Å²) in [5, 5.41) is 9.23. The third-order valence-electron chi connectivity index (χ3n) is 3.94. The molecule has 0 amide bonds. The highest BCUT2D eigenvalue weighted by Crippen LogP contribution is 2.30. The van der Waals surface area contributed by atoms with Crippen LogP contribution in [0, 0.1) is 12.8 Å².